The number of amides is 1. The monoisotopic (exact) mass is 332 g/mol. The number of hydrogen-bond acceptors (Lipinski definition) is 5. The summed E-state index contributed by atoms with van der Waals surface area (Å²) in [4.78, 5) is 16.2. The Hall–Kier alpha value is -2.41. The van der Waals surface area contributed by atoms with Gasteiger partial charge in [-0.3, -0.25) is 9.78 Å². The Kier molecular flexibility index (Phi) is 4.04. The van der Waals surface area contributed by atoms with Crippen LogP contribution in [0, 0.1) is 5.92 Å². The lowest BCUT2D eigenvalue weighted by Crippen LogP contribution is -2.32. The molecule has 0 saturated heterocycles. The first-order chi connectivity index (χ1) is 11.0. The topological polar surface area (TPSA) is 85.4 Å². The maximum Gasteiger partial charge on any atom is 0.264 e. The first-order valence-corrected chi connectivity index (χ1v) is 8.60. The summed E-state index contributed by atoms with van der Waals surface area (Å²) < 4.78 is 31.7. The Balaban J connectivity index is 1.70. The summed E-state index contributed by atoms with van der Waals surface area (Å²) >= 11 is 0. The van der Waals surface area contributed by atoms with Crippen LogP contribution in [0.15, 0.2) is 53.7 Å². The predicted molar refractivity (Wildman–Crippen MR) is 83.4 cm³/mol. The van der Waals surface area contributed by atoms with Crippen LogP contribution in [-0.2, 0) is 14.8 Å². The number of nitrogens with one attached hydrogen (secondary N) is 1. The molecule has 1 heterocycles. The van der Waals surface area contributed by atoms with E-state index in [0.717, 1.165) is 5.56 Å². The molecule has 120 valence electrons. The zero-order valence-electron chi connectivity index (χ0n) is 12.5. The first kappa shape index (κ1) is 15.5. The summed E-state index contributed by atoms with van der Waals surface area (Å²) in [5.41, 5.74) is 0.950. The maximum absolute atomic E-state index is 12.3. The largest absolute Gasteiger partial charge is 0.497 e. The lowest BCUT2D eigenvalue weighted by atomic mass is 10.1. The van der Waals surface area contributed by atoms with E-state index in [-0.39, 0.29) is 16.7 Å². The molecule has 1 amide bonds. The Bertz CT molecular complexity index is 821. The lowest BCUT2D eigenvalue weighted by molar-refractivity contribution is -0.120. The maximum atomic E-state index is 12.3. The van der Waals surface area contributed by atoms with Crippen molar-refractivity contribution in [3.05, 3.63) is 54.4 Å². The van der Waals surface area contributed by atoms with E-state index in [0.29, 0.717) is 12.2 Å². The second kappa shape index (κ2) is 6.00. The molecule has 23 heavy (non-hydrogen) atoms. The van der Waals surface area contributed by atoms with Gasteiger partial charge in [-0.2, -0.15) is 0 Å². The van der Waals surface area contributed by atoms with Crippen molar-refractivity contribution in [3.8, 4) is 5.75 Å². The van der Waals surface area contributed by atoms with Gasteiger partial charge in [-0.15, -0.1) is 0 Å². The number of rotatable bonds is 5. The fraction of sp³-hybridized carbons (Fsp3) is 0.250. The minimum atomic E-state index is -3.90. The lowest BCUT2D eigenvalue weighted by Gasteiger charge is -2.08. The number of ether oxygens (including phenoxy) is 1. The summed E-state index contributed by atoms with van der Waals surface area (Å²) in [6, 6.07) is 9.69. The molecule has 2 atom stereocenters. The highest BCUT2D eigenvalue weighted by atomic mass is 32.2. The third-order valence-corrected chi connectivity index (χ3v) is 5.17. The third-order valence-electron chi connectivity index (χ3n) is 3.83. The molecule has 2 aromatic rings. The molecule has 0 bridgehead atoms. The van der Waals surface area contributed by atoms with Gasteiger partial charge in [0.2, 0.25) is 5.91 Å². The highest BCUT2D eigenvalue weighted by Gasteiger charge is 2.45. The fourth-order valence-electron chi connectivity index (χ4n) is 2.48. The molecule has 1 saturated carbocycles. The van der Waals surface area contributed by atoms with Crippen molar-refractivity contribution < 1.29 is 17.9 Å². The SMILES string of the molecule is COc1cccc(S(=O)(=O)NC(=O)C2CC2c2cccnc2)c1. The van der Waals surface area contributed by atoms with Gasteiger partial charge in [-0.1, -0.05) is 12.1 Å². The van der Waals surface area contributed by atoms with Crippen LogP contribution >= 0.6 is 0 Å². The Morgan fingerprint density at radius 3 is 2.83 bits per heavy atom. The highest BCUT2D eigenvalue weighted by Crippen LogP contribution is 2.47. The van der Waals surface area contributed by atoms with Crippen molar-refractivity contribution in [2.24, 2.45) is 5.92 Å². The molecule has 6 nitrogen and oxygen atoms in total. The van der Waals surface area contributed by atoms with Crippen LogP contribution in [0.5, 0.6) is 5.75 Å². The second-order valence-corrected chi connectivity index (χ2v) is 7.07. The van der Waals surface area contributed by atoms with Crippen molar-refractivity contribution >= 4 is 15.9 Å². The van der Waals surface area contributed by atoms with Gasteiger partial charge in [0.15, 0.2) is 0 Å². The Morgan fingerprint density at radius 1 is 1.30 bits per heavy atom. The van der Waals surface area contributed by atoms with Crippen LogP contribution in [0.2, 0.25) is 0 Å². The first-order valence-electron chi connectivity index (χ1n) is 7.12. The van der Waals surface area contributed by atoms with Crippen LogP contribution in [0.1, 0.15) is 17.9 Å². The van der Waals surface area contributed by atoms with Crippen molar-refractivity contribution in [2.45, 2.75) is 17.2 Å². The molecule has 1 aromatic heterocycles. The highest BCUT2D eigenvalue weighted by molar-refractivity contribution is 7.90. The van der Waals surface area contributed by atoms with Gasteiger partial charge in [-0.05, 0) is 36.1 Å². The molecule has 2 unspecified atom stereocenters. The van der Waals surface area contributed by atoms with Gasteiger partial charge in [0.25, 0.3) is 10.0 Å². The molecule has 3 rings (SSSR count). The molecular weight excluding hydrogens is 316 g/mol. The molecule has 0 spiro atoms. The molecule has 0 aliphatic heterocycles. The molecule has 0 radical (unpaired) electrons. The van der Waals surface area contributed by atoms with E-state index in [1.807, 2.05) is 6.07 Å². The van der Waals surface area contributed by atoms with Crippen molar-refractivity contribution in [3.63, 3.8) is 0 Å². The number of benzene rings is 1. The average Bonchev–Trinajstić information content (AvgIpc) is 3.36. The quantitative estimate of drug-likeness (QED) is 0.901. The minimum Gasteiger partial charge on any atom is -0.497 e. The van der Waals surface area contributed by atoms with Gasteiger partial charge in [-0.25, -0.2) is 13.1 Å². The van der Waals surface area contributed by atoms with E-state index in [1.165, 1.54) is 19.2 Å². The fourth-order valence-corrected chi connectivity index (χ4v) is 3.55. The molecule has 1 aliphatic carbocycles. The van der Waals surface area contributed by atoms with Crippen LogP contribution in [0.3, 0.4) is 0 Å². The summed E-state index contributed by atoms with van der Waals surface area (Å²) in [6.07, 6.45) is 3.99. The number of aromatic nitrogens is 1. The van der Waals surface area contributed by atoms with Crippen LogP contribution < -0.4 is 9.46 Å². The van der Waals surface area contributed by atoms with Crippen molar-refractivity contribution in [1.82, 2.24) is 9.71 Å². The molecule has 1 N–H and O–H groups in total. The number of pyridine rings is 1. The third kappa shape index (κ3) is 3.34. The number of sulfonamides is 1. The van der Waals surface area contributed by atoms with E-state index in [1.54, 1.807) is 30.6 Å². The minimum absolute atomic E-state index is 0.00350. The molecule has 1 aliphatic rings. The average molecular weight is 332 g/mol. The normalized spacial score (nSPS) is 19.9. The Morgan fingerprint density at radius 2 is 2.13 bits per heavy atom. The summed E-state index contributed by atoms with van der Waals surface area (Å²) in [6.45, 7) is 0. The van der Waals surface area contributed by atoms with Crippen molar-refractivity contribution in [1.29, 1.82) is 0 Å². The van der Waals surface area contributed by atoms with E-state index in [9.17, 15) is 13.2 Å². The summed E-state index contributed by atoms with van der Waals surface area (Å²) in [5, 5.41) is 0. The van der Waals surface area contributed by atoms with Crippen LogP contribution in [0.25, 0.3) is 0 Å². The zero-order chi connectivity index (χ0) is 16.4. The number of methoxy groups -OCH3 is 1. The number of carbonyl (C=O) groups is 1. The van der Waals surface area contributed by atoms with Gasteiger partial charge < -0.3 is 4.74 Å². The molecular formula is C16H16N2O4S. The van der Waals surface area contributed by atoms with E-state index >= 15 is 0 Å². The van der Waals surface area contributed by atoms with Crippen molar-refractivity contribution in [2.75, 3.05) is 7.11 Å². The van der Waals surface area contributed by atoms with Gasteiger partial charge in [0, 0.05) is 24.4 Å². The number of nitrogens with zero attached hydrogens (tertiary/aromatic N) is 1. The summed E-state index contributed by atoms with van der Waals surface area (Å²) in [7, 11) is -2.45. The van der Waals surface area contributed by atoms with E-state index < -0.39 is 15.9 Å². The smallest absolute Gasteiger partial charge is 0.264 e. The van der Waals surface area contributed by atoms with Crippen LogP contribution in [0.4, 0.5) is 0 Å². The van der Waals surface area contributed by atoms with E-state index in [4.69, 9.17) is 4.74 Å². The number of hydrogen-bond donors (Lipinski definition) is 1. The van der Waals surface area contributed by atoms with Gasteiger partial charge >= 0.3 is 0 Å². The van der Waals surface area contributed by atoms with Gasteiger partial charge in [0.1, 0.15) is 5.75 Å². The standard InChI is InChI=1S/C16H16N2O4S/c1-22-12-5-2-6-13(8-12)23(20,21)18-16(19)15-9-14(15)11-4-3-7-17-10-11/h2-8,10,14-15H,9H2,1H3,(H,18,19). The molecule has 1 fully saturated rings. The van der Waals surface area contributed by atoms with Crippen LogP contribution in [-0.4, -0.2) is 26.4 Å². The predicted octanol–water partition coefficient (Wildman–Crippen LogP) is 1.70. The van der Waals surface area contributed by atoms with Gasteiger partial charge in [0.05, 0.1) is 12.0 Å². The Labute approximate surface area is 134 Å². The second-order valence-electron chi connectivity index (χ2n) is 5.38. The van der Waals surface area contributed by atoms with E-state index in [2.05, 4.69) is 9.71 Å². The molecule has 1 aromatic carbocycles. The zero-order valence-corrected chi connectivity index (χ0v) is 13.3. The summed E-state index contributed by atoms with van der Waals surface area (Å²) in [5.74, 6) is -0.370. The number of carbonyl (C=O) groups excluding carboxylic acids is 1. The molecule has 7 heteroatoms.